The molecule has 0 amide bonds. The van der Waals surface area contributed by atoms with Gasteiger partial charge in [0.15, 0.2) is 5.17 Å². The molecule has 0 saturated carbocycles. The Bertz CT molecular complexity index is 395. The van der Waals surface area contributed by atoms with E-state index in [1.165, 1.54) is 12.1 Å². The Balaban J connectivity index is 1.98. The number of thioether (sulfide) groups is 1. The largest absolute Gasteiger partial charge is 0.363 e. The lowest BCUT2D eigenvalue weighted by Crippen LogP contribution is -2.15. The van der Waals surface area contributed by atoms with Crippen LogP contribution < -0.4 is 5.32 Å². The summed E-state index contributed by atoms with van der Waals surface area (Å²) in [5.41, 5.74) is 0.930. The molecule has 1 aromatic rings. The average molecular weight is 245 g/mol. The number of nitrogens with one attached hydrogen (secondary N) is 1. The number of halogens is 2. The van der Waals surface area contributed by atoms with E-state index in [9.17, 15) is 4.39 Å². The van der Waals surface area contributed by atoms with Gasteiger partial charge in [0.2, 0.25) is 0 Å². The number of amidine groups is 1. The third-order valence-electron chi connectivity index (χ3n) is 2.02. The molecule has 2 rings (SSSR count). The van der Waals surface area contributed by atoms with Crippen LogP contribution in [0.2, 0.25) is 5.02 Å². The predicted octanol–water partition coefficient (Wildman–Crippen LogP) is 2.67. The lowest BCUT2D eigenvalue weighted by Gasteiger charge is -2.04. The van der Waals surface area contributed by atoms with Gasteiger partial charge in [-0.3, -0.25) is 4.99 Å². The molecule has 1 aromatic carbocycles. The molecule has 0 atom stereocenters. The van der Waals surface area contributed by atoms with Gasteiger partial charge in [0.25, 0.3) is 0 Å². The van der Waals surface area contributed by atoms with Crippen molar-refractivity contribution in [2.45, 2.75) is 5.75 Å². The van der Waals surface area contributed by atoms with Gasteiger partial charge in [-0.25, -0.2) is 4.39 Å². The van der Waals surface area contributed by atoms with Crippen LogP contribution in [0.4, 0.5) is 4.39 Å². The third kappa shape index (κ3) is 2.86. The maximum absolute atomic E-state index is 12.8. The summed E-state index contributed by atoms with van der Waals surface area (Å²) in [4.78, 5) is 4.25. The van der Waals surface area contributed by atoms with Crippen LogP contribution in [0, 0.1) is 5.82 Å². The first kappa shape index (κ1) is 10.8. The van der Waals surface area contributed by atoms with Gasteiger partial charge < -0.3 is 5.32 Å². The van der Waals surface area contributed by atoms with Crippen LogP contribution in [0.25, 0.3) is 0 Å². The number of nitrogens with zero attached hydrogens (tertiary/aromatic N) is 1. The number of hydrogen-bond donors (Lipinski definition) is 1. The van der Waals surface area contributed by atoms with Gasteiger partial charge in [0.05, 0.1) is 6.54 Å². The maximum Gasteiger partial charge on any atom is 0.157 e. The Kier molecular flexibility index (Phi) is 3.49. The monoisotopic (exact) mass is 244 g/mol. The molecule has 0 aliphatic carbocycles. The van der Waals surface area contributed by atoms with Gasteiger partial charge >= 0.3 is 0 Å². The highest BCUT2D eigenvalue weighted by molar-refractivity contribution is 8.13. The second kappa shape index (κ2) is 4.86. The summed E-state index contributed by atoms with van der Waals surface area (Å²) in [5.74, 6) is 0.412. The molecular weight excluding hydrogens is 235 g/mol. The molecule has 0 aromatic heterocycles. The van der Waals surface area contributed by atoms with Gasteiger partial charge in [-0.05, 0) is 17.7 Å². The average Bonchev–Trinajstić information content (AvgIpc) is 2.69. The number of aliphatic imine (C=N–C) groups is 1. The van der Waals surface area contributed by atoms with Gasteiger partial charge in [-0.2, -0.15) is 0 Å². The third-order valence-corrected chi connectivity index (χ3v) is 3.38. The summed E-state index contributed by atoms with van der Waals surface area (Å²) in [7, 11) is 0. The molecule has 1 heterocycles. The van der Waals surface area contributed by atoms with Crippen molar-refractivity contribution in [3.63, 3.8) is 0 Å². The number of rotatable bonds is 2. The molecule has 80 valence electrons. The van der Waals surface area contributed by atoms with Crippen molar-refractivity contribution in [1.82, 2.24) is 5.32 Å². The molecule has 0 unspecified atom stereocenters. The molecule has 0 saturated heterocycles. The van der Waals surface area contributed by atoms with Crippen molar-refractivity contribution < 1.29 is 4.39 Å². The topological polar surface area (TPSA) is 24.4 Å². The van der Waals surface area contributed by atoms with Crippen molar-refractivity contribution in [1.29, 1.82) is 0 Å². The first-order valence-electron chi connectivity index (χ1n) is 4.61. The Labute approximate surface area is 96.9 Å². The molecule has 0 fully saturated rings. The highest BCUT2D eigenvalue weighted by Gasteiger charge is 2.07. The van der Waals surface area contributed by atoms with Crippen molar-refractivity contribution in [3.8, 4) is 0 Å². The summed E-state index contributed by atoms with van der Waals surface area (Å²) >= 11 is 7.49. The second-order valence-corrected chi connectivity index (χ2v) is 4.51. The number of benzene rings is 1. The fourth-order valence-electron chi connectivity index (χ4n) is 1.26. The Morgan fingerprint density at radius 1 is 1.53 bits per heavy atom. The minimum atomic E-state index is -0.301. The van der Waals surface area contributed by atoms with Crippen LogP contribution in [0.1, 0.15) is 5.56 Å². The minimum Gasteiger partial charge on any atom is -0.363 e. The fourth-order valence-corrected chi connectivity index (χ4v) is 2.50. The van der Waals surface area contributed by atoms with Crippen molar-refractivity contribution >= 4 is 28.5 Å². The molecule has 2 nitrogen and oxygen atoms in total. The molecule has 1 N–H and O–H groups in total. The smallest absolute Gasteiger partial charge is 0.157 e. The van der Waals surface area contributed by atoms with E-state index in [2.05, 4.69) is 10.3 Å². The van der Waals surface area contributed by atoms with Crippen LogP contribution in [-0.2, 0) is 5.75 Å². The van der Waals surface area contributed by atoms with E-state index >= 15 is 0 Å². The summed E-state index contributed by atoms with van der Waals surface area (Å²) in [6.45, 7) is 1.74. The van der Waals surface area contributed by atoms with Gasteiger partial charge in [-0.15, -0.1) is 0 Å². The van der Waals surface area contributed by atoms with E-state index in [1.807, 2.05) is 0 Å². The lowest BCUT2D eigenvalue weighted by molar-refractivity contribution is 0.627. The van der Waals surface area contributed by atoms with Crippen molar-refractivity contribution in [2.24, 2.45) is 4.99 Å². The molecule has 0 radical (unpaired) electrons. The van der Waals surface area contributed by atoms with Crippen molar-refractivity contribution in [2.75, 3.05) is 13.1 Å². The van der Waals surface area contributed by atoms with Crippen LogP contribution in [0.15, 0.2) is 23.2 Å². The summed E-state index contributed by atoms with van der Waals surface area (Å²) in [6.07, 6.45) is 0. The Morgan fingerprint density at radius 3 is 3.07 bits per heavy atom. The lowest BCUT2D eigenvalue weighted by atomic mass is 10.2. The molecule has 1 aliphatic rings. The van der Waals surface area contributed by atoms with E-state index in [4.69, 9.17) is 11.6 Å². The van der Waals surface area contributed by atoms with Gasteiger partial charge in [0, 0.05) is 17.3 Å². The number of hydrogen-bond acceptors (Lipinski definition) is 3. The first-order valence-corrected chi connectivity index (χ1v) is 5.97. The van der Waals surface area contributed by atoms with E-state index in [1.54, 1.807) is 17.8 Å². The van der Waals surface area contributed by atoms with Crippen molar-refractivity contribution in [3.05, 3.63) is 34.6 Å². The standard InChI is InChI=1S/C10H10ClFN2S/c11-9-5-8(12)2-1-7(9)6-15-10-13-3-4-14-10/h1-2,5H,3-4,6H2,(H,13,14). The quantitative estimate of drug-likeness (QED) is 0.865. The first-order chi connectivity index (χ1) is 7.25. The van der Waals surface area contributed by atoms with Crippen LogP contribution in [0.3, 0.4) is 0 Å². The molecular formula is C10H10ClFN2S. The molecule has 5 heteroatoms. The van der Waals surface area contributed by atoms with Crippen LogP contribution >= 0.6 is 23.4 Å². The van der Waals surface area contributed by atoms with Gasteiger partial charge in [0.1, 0.15) is 5.82 Å². The molecule has 0 bridgehead atoms. The highest BCUT2D eigenvalue weighted by atomic mass is 35.5. The zero-order chi connectivity index (χ0) is 10.7. The van der Waals surface area contributed by atoms with Gasteiger partial charge in [-0.1, -0.05) is 29.4 Å². The minimum absolute atomic E-state index is 0.301. The zero-order valence-electron chi connectivity index (χ0n) is 7.96. The van der Waals surface area contributed by atoms with E-state index in [0.717, 1.165) is 23.8 Å². The molecule has 0 spiro atoms. The normalized spacial score (nSPS) is 14.9. The Morgan fingerprint density at radius 2 is 2.40 bits per heavy atom. The fraction of sp³-hybridized carbons (Fsp3) is 0.300. The SMILES string of the molecule is Fc1ccc(CSC2=NCCN2)c(Cl)c1. The van der Waals surface area contributed by atoms with E-state index in [-0.39, 0.29) is 5.82 Å². The molecule has 15 heavy (non-hydrogen) atoms. The second-order valence-electron chi connectivity index (χ2n) is 3.14. The van der Waals surface area contributed by atoms with E-state index in [0.29, 0.717) is 10.8 Å². The van der Waals surface area contributed by atoms with E-state index < -0.39 is 0 Å². The van der Waals surface area contributed by atoms with Crippen LogP contribution in [0.5, 0.6) is 0 Å². The molecule has 1 aliphatic heterocycles. The summed E-state index contributed by atoms with van der Waals surface area (Å²) in [6, 6.07) is 4.47. The predicted molar refractivity (Wildman–Crippen MR) is 63.0 cm³/mol. The highest BCUT2D eigenvalue weighted by Crippen LogP contribution is 2.22. The summed E-state index contributed by atoms with van der Waals surface area (Å²) < 4.78 is 12.8. The maximum atomic E-state index is 12.8. The Hall–Kier alpha value is -0.740. The zero-order valence-corrected chi connectivity index (χ0v) is 9.54. The summed E-state index contributed by atoms with van der Waals surface area (Å²) in [5, 5.41) is 4.57. The van der Waals surface area contributed by atoms with Crippen LogP contribution in [-0.4, -0.2) is 18.3 Å².